The van der Waals surface area contributed by atoms with E-state index in [1.54, 1.807) is 24.5 Å². The third kappa shape index (κ3) is 4.90. The molecule has 0 unspecified atom stereocenters. The van der Waals surface area contributed by atoms with Crippen LogP contribution >= 0.6 is 0 Å². The Morgan fingerprint density at radius 2 is 2.20 bits per heavy atom. The molecule has 0 aliphatic carbocycles. The van der Waals surface area contributed by atoms with Crippen LogP contribution in [0.3, 0.4) is 0 Å². The van der Waals surface area contributed by atoms with Crippen molar-refractivity contribution in [1.82, 2.24) is 9.71 Å². The number of hydrogen-bond donors (Lipinski definition) is 1. The van der Waals surface area contributed by atoms with Crippen molar-refractivity contribution in [3.63, 3.8) is 0 Å². The molecular formula is C10H16N2O2S. The van der Waals surface area contributed by atoms with E-state index in [0.717, 1.165) is 0 Å². The Bertz CT molecular complexity index is 387. The molecule has 0 atom stereocenters. The normalized spacial score (nSPS) is 11.9. The number of nitrogens with one attached hydrogen (secondary N) is 1. The van der Waals surface area contributed by atoms with E-state index < -0.39 is 10.0 Å². The molecule has 5 heteroatoms. The largest absolute Gasteiger partial charge is 0.264 e. The van der Waals surface area contributed by atoms with Gasteiger partial charge in [-0.2, -0.15) is 0 Å². The van der Waals surface area contributed by atoms with Gasteiger partial charge in [-0.05, 0) is 17.5 Å². The van der Waals surface area contributed by atoms with Crippen molar-refractivity contribution in [2.24, 2.45) is 5.92 Å². The monoisotopic (exact) mass is 228 g/mol. The molecule has 84 valence electrons. The first kappa shape index (κ1) is 12.1. The number of rotatable bonds is 5. The minimum absolute atomic E-state index is 0.00639. The maximum atomic E-state index is 11.6. The molecule has 1 aromatic rings. The molecular weight excluding hydrogens is 212 g/mol. The lowest BCUT2D eigenvalue weighted by Gasteiger charge is -2.08. The highest BCUT2D eigenvalue weighted by Crippen LogP contribution is 2.02. The van der Waals surface area contributed by atoms with E-state index in [-0.39, 0.29) is 5.75 Å². The summed E-state index contributed by atoms with van der Waals surface area (Å²) >= 11 is 0. The predicted octanol–water partition coefficient (Wildman–Crippen LogP) is 1.16. The molecule has 0 aromatic carbocycles. The summed E-state index contributed by atoms with van der Waals surface area (Å²) < 4.78 is 25.7. The van der Waals surface area contributed by atoms with Gasteiger partial charge in [0.2, 0.25) is 10.0 Å². The zero-order chi connectivity index (χ0) is 11.3. The molecule has 0 aliphatic rings. The second-order valence-corrected chi connectivity index (χ2v) is 5.67. The molecule has 0 aliphatic heterocycles. The Balaban J connectivity index is 2.57. The van der Waals surface area contributed by atoms with E-state index in [0.29, 0.717) is 18.0 Å². The maximum absolute atomic E-state index is 11.6. The summed E-state index contributed by atoms with van der Waals surface area (Å²) in [6.45, 7) is 4.40. The van der Waals surface area contributed by atoms with Crippen LogP contribution in [0, 0.1) is 5.92 Å². The Kier molecular flexibility index (Phi) is 4.23. The highest BCUT2D eigenvalue weighted by atomic mass is 32.2. The summed E-state index contributed by atoms with van der Waals surface area (Å²) in [4.78, 5) is 3.87. The van der Waals surface area contributed by atoms with Crippen molar-refractivity contribution in [3.8, 4) is 0 Å². The lowest BCUT2D eigenvalue weighted by molar-refractivity contribution is 0.559. The van der Waals surface area contributed by atoms with E-state index >= 15 is 0 Å². The second kappa shape index (κ2) is 5.23. The quantitative estimate of drug-likeness (QED) is 0.822. The number of nitrogens with zero attached hydrogens (tertiary/aromatic N) is 1. The number of sulfonamides is 1. The first-order chi connectivity index (χ1) is 6.99. The molecule has 4 nitrogen and oxygen atoms in total. The van der Waals surface area contributed by atoms with Gasteiger partial charge in [-0.1, -0.05) is 19.9 Å². The average Bonchev–Trinajstić information content (AvgIpc) is 2.16. The fourth-order valence-corrected chi connectivity index (χ4v) is 2.35. The van der Waals surface area contributed by atoms with Gasteiger partial charge in [-0.25, -0.2) is 13.1 Å². The highest BCUT2D eigenvalue weighted by Gasteiger charge is 2.11. The molecule has 1 heterocycles. The molecule has 15 heavy (non-hydrogen) atoms. The van der Waals surface area contributed by atoms with Crippen molar-refractivity contribution >= 4 is 10.0 Å². The predicted molar refractivity (Wildman–Crippen MR) is 59.7 cm³/mol. The molecule has 1 aromatic heterocycles. The number of pyridine rings is 1. The van der Waals surface area contributed by atoms with Gasteiger partial charge in [0.05, 0.1) is 5.75 Å². The van der Waals surface area contributed by atoms with E-state index in [4.69, 9.17) is 0 Å². The van der Waals surface area contributed by atoms with Gasteiger partial charge in [0, 0.05) is 18.9 Å². The second-order valence-electron chi connectivity index (χ2n) is 3.86. The molecule has 1 rings (SSSR count). The number of hydrogen-bond acceptors (Lipinski definition) is 3. The SMILES string of the molecule is CC(C)CNS(=O)(=O)Cc1cccnc1. The summed E-state index contributed by atoms with van der Waals surface area (Å²) in [7, 11) is -3.22. The third-order valence-corrected chi connectivity index (χ3v) is 3.11. The van der Waals surface area contributed by atoms with E-state index in [1.807, 2.05) is 13.8 Å². The smallest absolute Gasteiger partial charge is 0.215 e. The van der Waals surface area contributed by atoms with Gasteiger partial charge in [0.1, 0.15) is 0 Å². The maximum Gasteiger partial charge on any atom is 0.215 e. The van der Waals surface area contributed by atoms with Crippen molar-refractivity contribution < 1.29 is 8.42 Å². The van der Waals surface area contributed by atoms with Crippen LogP contribution in [0.5, 0.6) is 0 Å². The lowest BCUT2D eigenvalue weighted by atomic mass is 10.2. The van der Waals surface area contributed by atoms with Crippen LogP contribution in [0.4, 0.5) is 0 Å². The summed E-state index contributed by atoms with van der Waals surface area (Å²) in [6, 6.07) is 3.48. The van der Waals surface area contributed by atoms with Crippen LogP contribution in [-0.4, -0.2) is 19.9 Å². The van der Waals surface area contributed by atoms with Crippen LogP contribution in [0.15, 0.2) is 24.5 Å². The molecule has 0 saturated heterocycles. The Labute approximate surface area is 90.8 Å². The van der Waals surface area contributed by atoms with Crippen molar-refractivity contribution in [1.29, 1.82) is 0 Å². The fourth-order valence-electron chi connectivity index (χ4n) is 1.05. The van der Waals surface area contributed by atoms with Crippen LogP contribution in [0.1, 0.15) is 19.4 Å². The Hall–Kier alpha value is -0.940. The van der Waals surface area contributed by atoms with Gasteiger partial charge in [-0.15, -0.1) is 0 Å². The van der Waals surface area contributed by atoms with Crippen LogP contribution in [0.25, 0.3) is 0 Å². The zero-order valence-corrected chi connectivity index (χ0v) is 9.79. The highest BCUT2D eigenvalue weighted by molar-refractivity contribution is 7.88. The van der Waals surface area contributed by atoms with Crippen LogP contribution in [-0.2, 0) is 15.8 Å². The van der Waals surface area contributed by atoms with Gasteiger partial charge in [0.15, 0.2) is 0 Å². The van der Waals surface area contributed by atoms with Gasteiger partial charge in [-0.3, -0.25) is 4.98 Å². The zero-order valence-electron chi connectivity index (χ0n) is 8.97. The van der Waals surface area contributed by atoms with Crippen LogP contribution in [0.2, 0.25) is 0 Å². The van der Waals surface area contributed by atoms with E-state index in [2.05, 4.69) is 9.71 Å². The summed E-state index contributed by atoms with van der Waals surface area (Å²) in [5, 5.41) is 0. The average molecular weight is 228 g/mol. The first-order valence-corrected chi connectivity index (χ1v) is 6.51. The third-order valence-electron chi connectivity index (χ3n) is 1.79. The molecule has 0 fully saturated rings. The summed E-state index contributed by atoms with van der Waals surface area (Å²) in [6.07, 6.45) is 3.19. The molecule has 0 spiro atoms. The van der Waals surface area contributed by atoms with Crippen LogP contribution < -0.4 is 4.72 Å². The van der Waals surface area contributed by atoms with Crippen molar-refractivity contribution in [2.45, 2.75) is 19.6 Å². The summed E-state index contributed by atoms with van der Waals surface area (Å²) in [5.41, 5.74) is 0.703. The molecule has 0 radical (unpaired) electrons. The van der Waals surface area contributed by atoms with E-state index in [9.17, 15) is 8.42 Å². The van der Waals surface area contributed by atoms with Crippen molar-refractivity contribution in [2.75, 3.05) is 6.54 Å². The topological polar surface area (TPSA) is 59.1 Å². The molecule has 0 amide bonds. The molecule has 0 saturated carbocycles. The first-order valence-electron chi connectivity index (χ1n) is 4.86. The minimum Gasteiger partial charge on any atom is -0.264 e. The minimum atomic E-state index is -3.22. The summed E-state index contributed by atoms with van der Waals surface area (Å²) in [5.74, 6) is 0.307. The fraction of sp³-hybridized carbons (Fsp3) is 0.500. The Morgan fingerprint density at radius 1 is 1.47 bits per heavy atom. The molecule has 1 N–H and O–H groups in total. The molecule has 0 bridgehead atoms. The van der Waals surface area contributed by atoms with Crippen molar-refractivity contribution in [3.05, 3.63) is 30.1 Å². The number of aromatic nitrogens is 1. The standard InChI is InChI=1S/C10H16N2O2S/c1-9(2)6-12-15(13,14)8-10-4-3-5-11-7-10/h3-5,7,9,12H,6,8H2,1-2H3. The van der Waals surface area contributed by atoms with Gasteiger partial charge < -0.3 is 0 Å². The van der Waals surface area contributed by atoms with Gasteiger partial charge >= 0.3 is 0 Å². The van der Waals surface area contributed by atoms with E-state index in [1.165, 1.54) is 0 Å². The Morgan fingerprint density at radius 3 is 2.73 bits per heavy atom. The lowest BCUT2D eigenvalue weighted by Crippen LogP contribution is -2.28. The van der Waals surface area contributed by atoms with Gasteiger partial charge in [0.25, 0.3) is 0 Å².